The van der Waals surface area contributed by atoms with E-state index in [4.69, 9.17) is 4.74 Å². The molecule has 3 rings (SSSR count). The van der Waals surface area contributed by atoms with E-state index < -0.39 is 17.5 Å². The largest absolute Gasteiger partial charge is 0.445 e. The van der Waals surface area contributed by atoms with E-state index in [0.29, 0.717) is 17.1 Å². The van der Waals surface area contributed by atoms with Crippen molar-refractivity contribution < 1.29 is 14.3 Å². The molecule has 0 saturated carbocycles. The molecule has 0 saturated heterocycles. The van der Waals surface area contributed by atoms with Crippen molar-refractivity contribution in [2.75, 3.05) is 5.32 Å². The molecule has 0 bridgehead atoms. The van der Waals surface area contributed by atoms with Gasteiger partial charge in [0.2, 0.25) is 5.13 Å². The second kappa shape index (κ2) is 4.92. The van der Waals surface area contributed by atoms with Crippen molar-refractivity contribution >= 4 is 28.3 Å². The fourth-order valence-electron chi connectivity index (χ4n) is 2.24. The van der Waals surface area contributed by atoms with Crippen LogP contribution >= 0.6 is 11.3 Å². The van der Waals surface area contributed by atoms with E-state index in [0.717, 1.165) is 10.6 Å². The highest BCUT2D eigenvalue weighted by atomic mass is 32.1. The smallest absolute Gasteiger partial charge is 0.339 e. The molecule has 1 aromatic carbocycles. The van der Waals surface area contributed by atoms with Gasteiger partial charge >= 0.3 is 5.97 Å². The van der Waals surface area contributed by atoms with Gasteiger partial charge in [0.1, 0.15) is 5.01 Å². The molecule has 6 nitrogen and oxygen atoms in total. The molecule has 2 heterocycles. The summed E-state index contributed by atoms with van der Waals surface area (Å²) in [5.41, 5.74) is 0.0692. The normalized spacial score (nSPS) is 20.6. The van der Waals surface area contributed by atoms with Crippen LogP contribution < -0.4 is 5.32 Å². The van der Waals surface area contributed by atoms with Gasteiger partial charge in [0.15, 0.2) is 5.60 Å². The fourth-order valence-corrected chi connectivity index (χ4v) is 2.82. The number of carbonyl (C=O) groups is 2. The van der Waals surface area contributed by atoms with Gasteiger partial charge < -0.3 is 4.74 Å². The van der Waals surface area contributed by atoms with Crippen LogP contribution in [0.2, 0.25) is 0 Å². The number of hydrogen-bond donors (Lipinski definition) is 1. The van der Waals surface area contributed by atoms with Crippen molar-refractivity contribution in [1.82, 2.24) is 10.2 Å². The predicted octanol–water partition coefficient (Wildman–Crippen LogP) is 1.96. The molecular weight excluding hydrogens is 290 g/mol. The minimum atomic E-state index is -1.25. The Labute approximate surface area is 125 Å². The molecule has 1 atom stereocenters. The number of nitrogens with one attached hydrogen (secondary N) is 1. The molecule has 1 aromatic heterocycles. The summed E-state index contributed by atoms with van der Waals surface area (Å²) in [6.07, 6.45) is 0.332. The van der Waals surface area contributed by atoms with Gasteiger partial charge in [0.05, 0.1) is 5.56 Å². The summed E-state index contributed by atoms with van der Waals surface area (Å²) < 4.78 is 5.35. The first-order chi connectivity index (χ1) is 9.98. The van der Waals surface area contributed by atoms with E-state index in [9.17, 15) is 9.59 Å². The minimum absolute atomic E-state index is 0.332. The first-order valence-corrected chi connectivity index (χ1v) is 7.22. The molecule has 0 unspecified atom stereocenters. The predicted molar refractivity (Wildman–Crippen MR) is 77.2 cm³/mol. The molecular formula is C14H13N3O3S. The van der Waals surface area contributed by atoms with Gasteiger partial charge in [-0.25, -0.2) is 4.79 Å². The summed E-state index contributed by atoms with van der Waals surface area (Å²) in [6, 6.07) is 7.14. The zero-order chi connectivity index (χ0) is 15.0. The number of hydrogen-bond acceptors (Lipinski definition) is 6. The molecule has 108 valence electrons. The van der Waals surface area contributed by atoms with E-state index in [2.05, 4.69) is 15.5 Å². The van der Waals surface area contributed by atoms with E-state index in [1.165, 1.54) is 11.3 Å². The molecule has 0 spiro atoms. The number of ether oxygens (including phenoxy) is 1. The van der Waals surface area contributed by atoms with Gasteiger partial charge in [0, 0.05) is 6.42 Å². The lowest BCUT2D eigenvalue weighted by molar-refractivity contribution is -0.134. The monoisotopic (exact) mass is 303 g/mol. The lowest BCUT2D eigenvalue weighted by Gasteiger charge is -2.32. The Hall–Kier alpha value is -2.28. The van der Waals surface area contributed by atoms with Crippen LogP contribution in [0, 0.1) is 6.92 Å². The second-order valence-corrected chi connectivity index (χ2v) is 6.22. The highest BCUT2D eigenvalue weighted by Gasteiger charge is 2.42. The average molecular weight is 303 g/mol. The van der Waals surface area contributed by atoms with Crippen LogP contribution in [0.3, 0.4) is 0 Å². The van der Waals surface area contributed by atoms with E-state index in [-0.39, 0.29) is 0 Å². The van der Waals surface area contributed by atoms with Gasteiger partial charge in [-0.3, -0.25) is 10.1 Å². The van der Waals surface area contributed by atoms with Crippen molar-refractivity contribution in [2.24, 2.45) is 0 Å². The Morgan fingerprint density at radius 3 is 2.86 bits per heavy atom. The number of anilines is 1. The first kappa shape index (κ1) is 13.7. The average Bonchev–Trinajstić information content (AvgIpc) is 2.84. The molecule has 7 heteroatoms. The molecule has 0 radical (unpaired) electrons. The molecule has 1 aliphatic heterocycles. The molecule has 0 aliphatic carbocycles. The maximum atomic E-state index is 12.4. The number of cyclic esters (lactones) is 1. The van der Waals surface area contributed by atoms with Crippen LogP contribution in [0.1, 0.15) is 27.9 Å². The SMILES string of the molecule is Cc1nnc(NC(=O)[C@@]2(C)Cc3ccccc3C(=O)O2)s1. The molecule has 1 N–H and O–H groups in total. The highest BCUT2D eigenvalue weighted by molar-refractivity contribution is 7.15. The van der Waals surface area contributed by atoms with Gasteiger partial charge in [-0.15, -0.1) is 10.2 Å². The number of carbonyl (C=O) groups excluding carboxylic acids is 2. The third-order valence-corrected chi connectivity index (χ3v) is 4.06. The maximum absolute atomic E-state index is 12.4. The summed E-state index contributed by atoms with van der Waals surface area (Å²) in [7, 11) is 0. The first-order valence-electron chi connectivity index (χ1n) is 6.41. The number of nitrogens with zero attached hydrogens (tertiary/aromatic N) is 2. The summed E-state index contributed by atoms with van der Waals surface area (Å²) in [4.78, 5) is 24.4. The van der Waals surface area contributed by atoms with Crippen LogP contribution in [-0.2, 0) is 16.0 Å². The highest BCUT2D eigenvalue weighted by Crippen LogP contribution is 2.29. The van der Waals surface area contributed by atoms with Crippen LogP contribution in [-0.4, -0.2) is 27.7 Å². The maximum Gasteiger partial charge on any atom is 0.339 e. The number of amides is 1. The molecule has 21 heavy (non-hydrogen) atoms. The Balaban J connectivity index is 1.85. The number of benzene rings is 1. The lowest BCUT2D eigenvalue weighted by atomic mass is 9.89. The standard InChI is InChI=1S/C14H13N3O3S/c1-8-16-17-13(21-8)15-12(19)14(2)7-9-5-3-4-6-10(9)11(18)20-14/h3-6H,7H2,1-2H3,(H,15,17,19)/t14-/m1/s1. The third kappa shape index (κ3) is 2.52. The zero-order valence-electron chi connectivity index (χ0n) is 11.5. The van der Waals surface area contributed by atoms with Crippen molar-refractivity contribution in [3.63, 3.8) is 0 Å². The third-order valence-electron chi connectivity index (χ3n) is 3.31. The zero-order valence-corrected chi connectivity index (χ0v) is 12.4. The van der Waals surface area contributed by atoms with Crippen LogP contribution in [0.15, 0.2) is 24.3 Å². The van der Waals surface area contributed by atoms with E-state index >= 15 is 0 Å². The van der Waals surface area contributed by atoms with E-state index in [1.807, 2.05) is 12.1 Å². The quantitative estimate of drug-likeness (QED) is 0.858. The van der Waals surface area contributed by atoms with E-state index in [1.54, 1.807) is 26.0 Å². The number of aromatic nitrogens is 2. The van der Waals surface area contributed by atoms with Crippen molar-refractivity contribution in [3.05, 3.63) is 40.4 Å². The Bertz CT molecular complexity index is 728. The van der Waals surface area contributed by atoms with Crippen LogP contribution in [0.4, 0.5) is 5.13 Å². The van der Waals surface area contributed by atoms with Gasteiger partial charge in [-0.2, -0.15) is 0 Å². The summed E-state index contributed by atoms with van der Waals surface area (Å²) >= 11 is 1.27. The van der Waals surface area contributed by atoms with Crippen molar-refractivity contribution in [1.29, 1.82) is 0 Å². The minimum Gasteiger partial charge on any atom is -0.445 e. The molecule has 2 aromatic rings. The van der Waals surface area contributed by atoms with Crippen molar-refractivity contribution in [2.45, 2.75) is 25.9 Å². The van der Waals surface area contributed by atoms with Gasteiger partial charge in [0.25, 0.3) is 5.91 Å². The number of aryl methyl sites for hydroxylation is 1. The van der Waals surface area contributed by atoms with Crippen LogP contribution in [0.25, 0.3) is 0 Å². The van der Waals surface area contributed by atoms with Crippen molar-refractivity contribution in [3.8, 4) is 0 Å². The summed E-state index contributed by atoms with van der Waals surface area (Å²) in [5, 5.41) is 11.5. The fraction of sp³-hybridized carbons (Fsp3) is 0.286. The topological polar surface area (TPSA) is 81.2 Å². The Kier molecular flexibility index (Phi) is 3.21. The molecule has 1 aliphatic rings. The second-order valence-electron chi connectivity index (χ2n) is 5.03. The van der Waals surface area contributed by atoms with Gasteiger partial charge in [-0.05, 0) is 25.5 Å². The summed E-state index contributed by atoms with van der Waals surface area (Å²) in [6.45, 7) is 3.40. The summed E-state index contributed by atoms with van der Waals surface area (Å²) in [5.74, 6) is -0.885. The van der Waals surface area contributed by atoms with Crippen LogP contribution in [0.5, 0.6) is 0 Å². The molecule has 1 amide bonds. The number of fused-ring (bicyclic) bond motifs is 1. The van der Waals surface area contributed by atoms with Gasteiger partial charge in [-0.1, -0.05) is 29.5 Å². The Morgan fingerprint density at radius 2 is 2.14 bits per heavy atom. The number of esters is 1. The lowest BCUT2D eigenvalue weighted by Crippen LogP contribution is -2.48. The Morgan fingerprint density at radius 1 is 1.38 bits per heavy atom. The molecule has 0 fully saturated rings. The number of rotatable bonds is 2.